The Morgan fingerprint density at radius 3 is 2.68 bits per heavy atom. The molecule has 0 aliphatic carbocycles. The van der Waals surface area contributed by atoms with Gasteiger partial charge in [0.05, 0.1) is 18.2 Å². The molecule has 1 rings (SSSR count). The molecule has 0 spiro atoms. The molecule has 0 unspecified atom stereocenters. The van der Waals surface area contributed by atoms with Crippen LogP contribution >= 0.6 is 28.3 Å². The molecule has 0 bridgehead atoms. The minimum absolute atomic E-state index is 0. The highest BCUT2D eigenvalue weighted by Crippen LogP contribution is 2.36. The summed E-state index contributed by atoms with van der Waals surface area (Å²) in [7, 11) is 1.53. The summed E-state index contributed by atoms with van der Waals surface area (Å²) in [6, 6.07) is 3.33. The normalized spacial score (nSPS) is 9.47. The first kappa shape index (κ1) is 18.0. The maximum atomic E-state index is 11.8. The Morgan fingerprint density at radius 1 is 1.47 bits per heavy atom. The molecule has 0 fully saturated rings. The fraction of sp³-hybridized carbons (Fsp3) is 0.417. The standard InChI is InChI=1S/C12H17BrN2O3.ClH/c1-3-18-11-9(13)6-8(7-10(11)17-2)12(16)15-5-4-14;/h6-7H,3-5,14H2,1-2H3,(H,15,16);1H. The van der Waals surface area contributed by atoms with Crippen molar-refractivity contribution in [3.05, 3.63) is 22.2 Å². The zero-order chi connectivity index (χ0) is 13.5. The lowest BCUT2D eigenvalue weighted by Crippen LogP contribution is -2.29. The third-order valence-corrected chi connectivity index (χ3v) is 2.80. The van der Waals surface area contributed by atoms with Crippen LogP contribution in [0.2, 0.25) is 0 Å². The average molecular weight is 354 g/mol. The van der Waals surface area contributed by atoms with E-state index in [0.717, 1.165) is 0 Å². The number of benzene rings is 1. The summed E-state index contributed by atoms with van der Waals surface area (Å²) in [5.41, 5.74) is 5.83. The maximum Gasteiger partial charge on any atom is 0.251 e. The van der Waals surface area contributed by atoms with Crippen LogP contribution in [0.4, 0.5) is 0 Å². The molecule has 0 saturated carbocycles. The molecule has 1 aromatic rings. The molecule has 0 aliphatic heterocycles. The molecule has 0 atom stereocenters. The molecule has 0 aromatic heterocycles. The number of carbonyl (C=O) groups is 1. The first-order valence-electron chi connectivity index (χ1n) is 5.62. The van der Waals surface area contributed by atoms with E-state index in [9.17, 15) is 4.79 Å². The molecule has 5 nitrogen and oxygen atoms in total. The molecule has 3 N–H and O–H groups in total. The van der Waals surface area contributed by atoms with Crippen molar-refractivity contribution in [1.29, 1.82) is 0 Å². The third-order valence-electron chi connectivity index (χ3n) is 2.21. The summed E-state index contributed by atoms with van der Waals surface area (Å²) in [5, 5.41) is 2.70. The van der Waals surface area contributed by atoms with Crippen LogP contribution in [0.1, 0.15) is 17.3 Å². The number of nitrogens with one attached hydrogen (secondary N) is 1. The van der Waals surface area contributed by atoms with E-state index in [1.165, 1.54) is 7.11 Å². The minimum Gasteiger partial charge on any atom is -0.493 e. The number of ether oxygens (including phenoxy) is 2. The molecular formula is C12H18BrClN2O3. The van der Waals surface area contributed by atoms with Crippen molar-refractivity contribution in [3.63, 3.8) is 0 Å². The van der Waals surface area contributed by atoms with E-state index in [1.807, 2.05) is 6.92 Å². The summed E-state index contributed by atoms with van der Waals surface area (Å²) in [4.78, 5) is 11.8. The second kappa shape index (κ2) is 9.01. The number of methoxy groups -OCH3 is 1. The van der Waals surface area contributed by atoms with Gasteiger partial charge in [0.1, 0.15) is 0 Å². The van der Waals surface area contributed by atoms with Crippen molar-refractivity contribution >= 4 is 34.2 Å². The number of carbonyl (C=O) groups excluding carboxylic acids is 1. The first-order valence-corrected chi connectivity index (χ1v) is 6.41. The number of hydrogen-bond acceptors (Lipinski definition) is 4. The quantitative estimate of drug-likeness (QED) is 0.820. The van der Waals surface area contributed by atoms with Gasteiger partial charge in [-0.15, -0.1) is 12.4 Å². The summed E-state index contributed by atoms with van der Waals surface area (Å²) in [6.07, 6.45) is 0. The van der Waals surface area contributed by atoms with Crippen LogP contribution < -0.4 is 20.5 Å². The van der Waals surface area contributed by atoms with Crippen molar-refractivity contribution in [2.45, 2.75) is 6.92 Å². The topological polar surface area (TPSA) is 73.6 Å². The molecule has 0 saturated heterocycles. The van der Waals surface area contributed by atoms with Crippen LogP contribution in [-0.2, 0) is 0 Å². The van der Waals surface area contributed by atoms with Crippen LogP contribution in [0.15, 0.2) is 16.6 Å². The Hall–Kier alpha value is -0.980. The number of nitrogens with two attached hydrogens (primary N) is 1. The highest BCUT2D eigenvalue weighted by molar-refractivity contribution is 9.10. The Kier molecular flexibility index (Phi) is 8.54. The lowest BCUT2D eigenvalue weighted by Gasteiger charge is -2.13. The van der Waals surface area contributed by atoms with Crippen LogP contribution in [0.25, 0.3) is 0 Å². The first-order chi connectivity index (χ1) is 8.63. The monoisotopic (exact) mass is 352 g/mol. The van der Waals surface area contributed by atoms with Gasteiger partial charge >= 0.3 is 0 Å². The van der Waals surface area contributed by atoms with E-state index < -0.39 is 0 Å². The van der Waals surface area contributed by atoms with E-state index >= 15 is 0 Å². The molecule has 0 aliphatic rings. The van der Waals surface area contributed by atoms with Crippen molar-refractivity contribution in [2.24, 2.45) is 5.73 Å². The fourth-order valence-electron chi connectivity index (χ4n) is 1.42. The molecular weight excluding hydrogens is 336 g/mol. The van der Waals surface area contributed by atoms with Crippen molar-refractivity contribution < 1.29 is 14.3 Å². The summed E-state index contributed by atoms with van der Waals surface area (Å²) in [5.74, 6) is 0.919. The van der Waals surface area contributed by atoms with Gasteiger partial charge < -0.3 is 20.5 Å². The zero-order valence-electron chi connectivity index (χ0n) is 10.9. The second-order valence-electron chi connectivity index (χ2n) is 3.47. The van der Waals surface area contributed by atoms with Crippen LogP contribution in [0.3, 0.4) is 0 Å². The molecule has 1 aromatic carbocycles. The minimum atomic E-state index is -0.192. The number of halogens is 2. The summed E-state index contributed by atoms with van der Waals surface area (Å²) >= 11 is 3.37. The summed E-state index contributed by atoms with van der Waals surface area (Å²) < 4.78 is 11.3. The van der Waals surface area contributed by atoms with Crippen LogP contribution in [0.5, 0.6) is 11.5 Å². The van der Waals surface area contributed by atoms with Gasteiger partial charge in [-0.05, 0) is 35.0 Å². The third kappa shape index (κ3) is 4.89. The smallest absolute Gasteiger partial charge is 0.251 e. The zero-order valence-corrected chi connectivity index (χ0v) is 13.3. The Balaban J connectivity index is 0.00000324. The van der Waals surface area contributed by atoms with Gasteiger partial charge in [0, 0.05) is 18.7 Å². The molecule has 0 radical (unpaired) electrons. The summed E-state index contributed by atoms with van der Waals surface area (Å²) in [6.45, 7) is 3.24. The Morgan fingerprint density at radius 2 is 2.16 bits per heavy atom. The van der Waals surface area contributed by atoms with Crippen molar-refractivity contribution in [3.8, 4) is 11.5 Å². The SMILES string of the molecule is CCOc1c(Br)cc(C(=O)NCCN)cc1OC.Cl. The molecule has 1 amide bonds. The lowest BCUT2D eigenvalue weighted by molar-refractivity contribution is 0.0954. The van der Waals surface area contributed by atoms with Gasteiger partial charge in [0.15, 0.2) is 11.5 Å². The van der Waals surface area contributed by atoms with E-state index in [0.29, 0.717) is 41.2 Å². The fourth-order valence-corrected chi connectivity index (χ4v) is 1.98. The second-order valence-corrected chi connectivity index (χ2v) is 4.32. The maximum absolute atomic E-state index is 11.8. The van der Waals surface area contributed by atoms with Gasteiger partial charge in [0.2, 0.25) is 0 Å². The average Bonchev–Trinajstić information content (AvgIpc) is 2.38. The molecule has 0 heterocycles. The largest absolute Gasteiger partial charge is 0.493 e. The number of amides is 1. The van der Waals surface area contributed by atoms with Crippen LogP contribution in [-0.4, -0.2) is 32.7 Å². The van der Waals surface area contributed by atoms with Crippen molar-refractivity contribution in [2.75, 3.05) is 26.8 Å². The highest BCUT2D eigenvalue weighted by Gasteiger charge is 2.14. The molecule has 108 valence electrons. The van der Waals surface area contributed by atoms with Gasteiger partial charge in [-0.25, -0.2) is 0 Å². The van der Waals surface area contributed by atoms with Gasteiger partial charge in [-0.3, -0.25) is 4.79 Å². The predicted molar refractivity (Wildman–Crippen MR) is 80.5 cm³/mol. The molecule has 7 heteroatoms. The van der Waals surface area contributed by atoms with E-state index in [4.69, 9.17) is 15.2 Å². The van der Waals surface area contributed by atoms with Crippen LogP contribution in [0, 0.1) is 0 Å². The van der Waals surface area contributed by atoms with Gasteiger partial charge in [-0.2, -0.15) is 0 Å². The van der Waals surface area contributed by atoms with E-state index in [-0.39, 0.29) is 18.3 Å². The van der Waals surface area contributed by atoms with Gasteiger partial charge in [0.25, 0.3) is 5.91 Å². The number of hydrogen-bond donors (Lipinski definition) is 2. The van der Waals surface area contributed by atoms with Crippen molar-refractivity contribution in [1.82, 2.24) is 5.32 Å². The van der Waals surface area contributed by atoms with Gasteiger partial charge in [-0.1, -0.05) is 0 Å². The highest BCUT2D eigenvalue weighted by atomic mass is 79.9. The predicted octanol–water partition coefficient (Wildman–Crippen LogP) is 1.97. The van der Waals surface area contributed by atoms with E-state index in [2.05, 4.69) is 21.2 Å². The van der Waals surface area contributed by atoms with E-state index in [1.54, 1.807) is 12.1 Å². The Bertz CT molecular complexity index is 430. The lowest BCUT2D eigenvalue weighted by atomic mass is 10.2. The molecule has 19 heavy (non-hydrogen) atoms. The Labute approximate surface area is 127 Å². The number of rotatable bonds is 6.